The molecule has 6 heteroatoms. The molecule has 0 aliphatic heterocycles. The van der Waals surface area contributed by atoms with Crippen molar-refractivity contribution in [3.8, 4) is 0 Å². The molecule has 4 N–H and O–H groups in total. The average molecular weight is 273 g/mol. The molecule has 0 saturated heterocycles. The van der Waals surface area contributed by atoms with E-state index in [1.165, 1.54) is 18.0 Å². The minimum Gasteiger partial charge on any atom is -0.404 e. The molecule has 1 heterocycles. The Morgan fingerprint density at radius 3 is 3.00 bits per heavy atom. The van der Waals surface area contributed by atoms with Crippen molar-refractivity contribution in [1.82, 2.24) is 9.78 Å². The summed E-state index contributed by atoms with van der Waals surface area (Å²) in [6.45, 7) is 3.84. The van der Waals surface area contributed by atoms with Crippen molar-refractivity contribution in [2.45, 2.75) is 0 Å². The van der Waals surface area contributed by atoms with Crippen LogP contribution in [0.5, 0.6) is 0 Å². The molecule has 0 atom stereocenters. The van der Waals surface area contributed by atoms with E-state index in [4.69, 9.17) is 11.5 Å². The summed E-state index contributed by atoms with van der Waals surface area (Å²) in [5.41, 5.74) is 12.8. The summed E-state index contributed by atoms with van der Waals surface area (Å²) in [6.07, 6.45) is 6.77. The van der Waals surface area contributed by atoms with Gasteiger partial charge in [-0.25, -0.2) is 9.67 Å². The van der Waals surface area contributed by atoms with Crippen LogP contribution < -0.4 is 11.5 Å². The van der Waals surface area contributed by atoms with E-state index < -0.39 is 0 Å². The molecule has 2 aromatic rings. The Morgan fingerprint density at radius 1 is 1.53 bits per heavy atom. The van der Waals surface area contributed by atoms with Crippen molar-refractivity contribution >= 4 is 34.2 Å². The van der Waals surface area contributed by atoms with Gasteiger partial charge in [-0.1, -0.05) is 6.58 Å². The van der Waals surface area contributed by atoms with Crippen molar-refractivity contribution in [2.24, 2.45) is 10.7 Å². The number of nitrogen functional groups attached to an aromatic ring is 1. The molecule has 0 unspecified atom stereocenters. The van der Waals surface area contributed by atoms with Crippen LogP contribution >= 0.6 is 11.8 Å². The molecule has 98 valence electrons. The summed E-state index contributed by atoms with van der Waals surface area (Å²) in [5, 5.41) is 5.99. The van der Waals surface area contributed by atoms with Gasteiger partial charge in [-0.05, 0) is 36.7 Å². The molecule has 0 aliphatic carbocycles. The van der Waals surface area contributed by atoms with Gasteiger partial charge in [0.25, 0.3) is 0 Å². The van der Waals surface area contributed by atoms with E-state index in [1.807, 2.05) is 24.5 Å². The lowest BCUT2D eigenvalue weighted by molar-refractivity contribution is 0.966. The van der Waals surface area contributed by atoms with E-state index in [-0.39, 0.29) is 0 Å². The second-order valence-electron chi connectivity index (χ2n) is 3.80. The predicted octanol–water partition coefficient (Wildman–Crippen LogP) is 2.17. The molecule has 0 fully saturated rings. The van der Waals surface area contributed by atoms with E-state index >= 15 is 0 Å². The number of nitrogens with two attached hydrogens (primary N) is 2. The molecule has 0 saturated carbocycles. The molecule has 0 bridgehead atoms. The van der Waals surface area contributed by atoms with Gasteiger partial charge < -0.3 is 11.5 Å². The van der Waals surface area contributed by atoms with E-state index in [1.54, 1.807) is 17.0 Å². The van der Waals surface area contributed by atoms with Crippen LogP contribution in [0, 0.1) is 0 Å². The number of thioether (sulfide) groups is 1. The van der Waals surface area contributed by atoms with Crippen molar-refractivity contribution < 1.29 is 0 Å². The van der Waals surface area contributed by atoms with Crippen molar-refractivity contribution in [3.63, 3.8) is 0 Å². The van der Waals surface area contributed by atoms with E-state index in [2.05, 4.69) is 16.7 Å². The van der Waals surface area contributed by atoms with Crippen LogP contribution in [-0.4, -0.2) is 21.9 Å². The maximum absolute atomic E-state index is 5.81. The first-order valence-electron chi connectivity index (χ1n) is 5.59. The SMILES string of the molecule is C=C(/N=C(\C=C/N)n1ncc2ccc(N)cc21)SC. The second-order valence-corrected chi connectivity index (χ2v) is 4.68. The highest BCUT2D eigenvalue weighted by molar-refractivity contribution is 8.02. The Balaban J connectivity index is 2.59. The average Bonchev–Trinajstić information content (AvgIpc) is 2.80. The van der Waals surface area contributed by atoms with Gasteiger partial charge in [0.05, 0.1) is 16.7 Å². The number of anilines is 1. The van der Waals surface area contributed by atoms with E-state index in [9.17, 15) is 0 Å². The molecular weight excluding hydrogens is 258 g/mol. The number of benzene rings is 1. The highest BCUT2D eigenvalue weighted by atomic mass is 32.2. The summed E-state index contributed by atoms with van der Waals surface area (Å²) in [7, 11) is 0. The first kappa shape index (κ1) is 13.2. The van der Waals surface area contributed by atoms with Crippen molar-refractivity contribution in [1.29, 1.82) is 0 Å². The van der Waals surface area contributed by atoms with Crippen LogP contribution in [0.25, 0.3) is 10.9 Å². The Labute approximate surface area is 115 Å². The largest absolute Gasteiger partial charge is 0.404 e. The number of hydrogen-bond acceptors (Lipinski definition) is 5. The number of hydrogen-bond donors (Lipinski definition) is 2. The Bertz CT molecular complexity index is 669. The minimum absolute atomic E-state index is 0.599. The lowest BCUT2D eigenvalue weighted by Gasteiger charge is -2.05. The second kappa shape index (κ2) is 5.62. The maximum Gasteiger partial charge on any atom is 0.156 e. The standard InChI is InChI=1S/C13H15N5S/c1-9(19-2)17-13(5-6-14)18-12-7-11(15)4-3-10(12)8-16-18/h3-8H,1,14-15H2,2H3/b6-5-,17-13+. The number of aromatic nitrogens is 2. The molecule has 1 aromatic carbocycles. The summed E-state index contributed by atoms with van der Waals surface area (Å²) in [6, 6.07) is 5.61. The monoisotopic (exact) mass is 273 g/mol. The zero-order valence-electron chi connectivity index (χ0n) is 10.6. The van der Waals surface area contributed by atoms with Crippen molar-refractivity contribution in [2.75, 3.05) is 12.0 Å². The highest BCUT2D eigenvalue weighted by Crippen LogP contribution is 2.18. The quantitative estimate of drug-likeness (QED) is 0.510. The Hall–Kier alpha value is -2.21. The lowest BCUT2D eigenvalue weighted by atomic mass is 10.2. The molecule has 1 aromatic heterocycles. The van der Waals surface area contributed by atoms with Gasteiger partial charge >= 0.3 is 0 Å². The molecular formula is C13H15N5S. The highest BCUT2D eigenvalue weighted by Gasteiger charge is 2.07. The Kier molecular flexibility index (Phi) is 3.91. The first-order chi connectivity index (χ1) is 9.15. The molecule has 19 heavy (non-hydrogen) atoms. The van der Waals surface area contributed by atoms with Crippen LogP contribution in [0.4, 0.5) is 5.69 Å². The fourth-order valence-electron chi connectivity index (χ4n) is 1.63. The zero-order valence-corrected chi connectivity index (χ0v) is 11.4. The van der Waals surface area contributed by atoms with Crippen molar-refractivity contribution in [3.05, 3.63) is 48.3 Å². The van der Waals surface area contributed by atoms with Gasteiger partial charge in [-0.3, -0.25) is 0 Å². The Morgan fingerprint density at radius 2 is 2.32 bits per heavy atom. The third kappa shape index (κ3) is 2.79. The number of allylic oxidation sites excluding steroid dienone is 1. The number of nitrogens with zero attached hydrogens (tertiary/aromatic N) is 3. The molecule has 5 nitrogen and oxygen atoms in total. The van der Waals surface area contributed by atoms with Crippen LogP contribution in [0.15, 0.2) is 53.3 Å². The smallest absolute Gasteiger partial charge is 0.156 e. The van der Waals surface area contributed by atoms with Crippen LogP contribution in [0.1, 0.15) is 0 Å². The normalized spacial score (nSPS) is 12.4. The van der Waals surface area contributed by atoms with E-state index in [0.29, 0.717) is 16.6 Å². The van der Waals surface area contributed by atoms with Gasteiger partial charge in [-0.2, -0.15) is 5.10 Å². The zero-order chi connectivity index (χ0) is 13.8. The summed E-state index contributed by atoms with van der Waals surface area (Å²) in [4.78, 5) is 4.38. The first-order valence-corrected chi connectivity index (χ1v) is 6.81. The van der Waals surface area contributed by atoms with Gasteiger partial charge in [0.15, 0.2) is 5.84 Å². The lowest BCUT2D eigenvalue weighted by Crippen LogP contribution is -2.11. The fourth-order valence-corrected chi connectivity index (χ4v) is 1.82. The number of fused-ring (bicyclic) bond motifs is 1. The van der Waals surface area contributed by atoms with Crippen LogP contribution in [0.2, 0.25) is 0 Å². The number of rotatable bonds is 3. The molecule has 0 amide bonds. The molecule has 0 radical (unpaired) electrons. The molecule has 0 spiro atoms. The van der Waals surface area contributed by atoms with E-state index in [0.717, 1.165) is 10.9 Å². The fraction of sp³-hybridized carbons (Fsp3) is 0.0769. The summed E-state index contributed by atoms with van der Waals surface area (Å²) < 4.78 is 1.69. The van der Waals surface area contributed by atoms with Crippen LogP contribution in [-0.2, 0) is 0 Å². The van der Waals surface area contributed by atoms with Crippen LogP contribution in [0.3, 0.4) is 0 Å². The van der Waals surface area contributed by atoms with Gasteiger partial charge in [0.1, 0.15) is 0 Å². The third-order valence-corrected chi connectivity index (χ3v) is 3.09. The topological polar surface area (TPSA) is 82.2 Å². The maximum atomic E-state index is 5.81. The minimum atomic E-state index is 0.599. The van der Waals surface area contributed by atoms with Gasteiger partial charge in [0, 0.05) is 11.1 Å². The summed E-state index contributed by atoms with van der Waals surface area (Å²) >= 11 is 1.46. The van der Waals surface area contributed by atoms with Gasteiger partial charge in [-0.15, -0.1) is 11.8 Å². The predicted molar refractivity (Wildman–Crippen MR) is 83.0 cm³/mol. The third-order valence-electron chi connectivity index (χ3n) is 2.53. The number of aliphatic imine (C=N–C) groups is 1. The molecule has 2 rings (SSSR count). The molecule has 0 aliphatic rings. The van der Waals surface area contributed by atoms with Gasteiger partial charge in [0.2, 0.25) is 0 Å². The summed E-state index contributed by atoms with van der Waals surface area (Å²) in [5.74, 6) is 0.599.